The summed E-state index contributed by atoms with van der Waals surface area (Å²) in [6, 6.07) is 8.72. The van der Waals surface area contributed by atoms with Crippen molar-refractivity contribution in [2.75, 3.05) is 14.2 Å². The molecule has 0 amide bonds. The molecule has 100 valence electrons. The molecule has 5 heteroatoms. The molecule has 1 aromatic heterocycles. The number of ether oxygens (including phenoxy) is 3. The van der Waals surface area contributed by atoms with Crippen molar-refractivity contribution in [3.8, 4) is 11.5 Å². The molecule has 19 heavy (non-hydrogen) atoms. The Labute approximate surface area is 111 Å². The van der Waals surface area contributed by atoms with E-state index in [9.17, 15) is 4.79 Å². The van der Waals surface area contributed by atoms with Crippen LogP contribution in [0, 0.1) is 0 Å². The Kier molecular flexibility index (Phi) is 4.07. The lowest BCUT2D eigenvalue weighted by Gasteiger charge is -2.11. The van der Waals surface area contributed by atoms with Crippen LogP contribution in [0.2, 0.25) is 0 Å². The fourth-order valence-electron chi connectivity index (χ4n) is 1.65. The summed E-state index contributed by atoms with van der Waals surface area (Å²) in [5.41, 5.74) is 1.36. The zero-order valence-electron chi connectivity index (χ0n) is 10.8. The fourth-order valence-corrected chi connectivity index (χ4v) is 1.65. The average molecular weight is 261 g/mol. The molecule has 0 aliphatic rings. The van der Waals surface area contributed by atoms with Gasteiger partial charge in [0.2, 0.25) is 0 Å². The number of nitrogens with one attached hydrogen (secondary N) is 1. The largest absolute Gasteiger partial charge is 0.493 e. The van der Waals surface area contributed by atoms with E-state index in [1.165, 1.54) is 7.11 Å². The molecule has 2 aromatic rings. The number of H-pyrrole nitrogens is 1. The first-order chi connectivity index (χ1) is 9.24. The van der Waals surface area contributed by atoms with E-state index < -0.39 is 5.97 Å². The molecule has 0 bridgehead atoms. The number of esters is 1. The second kappa shape index (κ2) is 5.95. The summed E-state index contributed by atoms with van der Waals surface area (Å²) >= 11 is 0. The Morgan fingerprint density at radius 1 is 1.21 bits per heavy atom. The Morgan fingerprint density at radius 3 is 2.68 bits per heavy atom. The molecular weight excluding hydrogens is 246 g/mol. The summed E-state index contributed by atoms with van der Waals surface area (Å²) in [4.78, 5) is 14.5. The summed E-state index contributed by atoms with van der Waals surface area (Å²) in [6.45, 7) is 0.369. The molecule has 0 saturated heterocycles. The molecule has 5 nitrogen and oxygen atoms in total. The second-order valence-corrected chi connectivity index (χ2v) is 3.84. The van der Waals surface area contributed by atoms with Crippen LogP contribution in [0.1, 0.15) is 16.1 Å². The lowest BCUT2D eigenvalue weighted by molar-refractivity contribution is 0.0600. The van der Waals surface area contributed by atoms with Gasteiger partial charge in [-0.2, -0.15) is 0 Å². The number of methoxy groups -OCH3 is 2. The number of carbonyl (C=O) groups is 1. The van der Waals surface area contributed by atoms with Gasteiger partial charge < -0.3 is 19.2 Å². The van der Waals surface area contributed by atoms with Crippen molar-refractivity contribution in [3.63, 3.8) is 0 Å². The topological polar surface area (TPSA) is 60.6 Å². The van der Waals surface area contributed by atoms with E-state index in [0.29, 0.717) is 23.7 Å². The third-order valence-corrected chi connectivity index (χ3v) is 2.63. The highest BCUT2D eigenvalue weighted by Crippen LogP contribution is 2.29. The van der Waals surface area contributed by atoms with Gasteiger partial charge >= 0.3 is 5.97 Å². The molecule has 0 aliphatic carbocycles. The van der Waals surface area contributed by atoms with E-state index in [1.54, 1.807) is 25.3 Å². The lowest BCUT2D eigenvalue weighted by Crippen LogP contribution is -2.03. The smallest absolute Gasteiger partial charge is 0.337 e. The molecule has 0 unspecified atom stereocenters. The number of hydrogen-bond acceptors (Lipinski definition) is 4. The Morgan fingerprint density at radius 2 is 2.05 bits per heavy atom. The number of carbonyl (C=O) groups excluding carboxylic acids is 1. The third-order valence-electron chi connectivity index (χ3n) is 2.63. The molecule has 1 N–H and O–H groups in total. The van der Waals surface area contributed by atoms with Crippen LogP contribution in [-0.2, 0) is 11.3 Å². The fraction of sp³-hybridized carbons (Fsp3) is 0.214. The van der Waals surface area contributed by atoms with E-state index >= 15 is 0 Å². The van der Waals surface area contributed by atoms with Gasteiger partial charge in [-0.1, -0.05) is 0 Å². The van der Waals surface area contributed by atoms with Gasteiger partial charge in [0.1, 0.15) is 6.61 Å². The maximum Gasteiger partial charge on any atom is 0.337 e. The van der Waals surface area contributed by atoms with Gasteiger partial charge in [0, 0.05) is 6.20 Å². The summed E-state index contributed by atoms with van der Waals surface area (Å²) in [6.07, 6.45) is 1.82. The standard InChI is InChI=1S/C14H15NO4/c1-17-12-6-5-10(14(16)18-2)8-13(12)19-9-11-4-3-7-15-11/h3-8,15H,9H2,1-2H3. The van der Waals surface area contributed by atoms with Crippen molar-refractivity contribution >= 4 is 5.97 Å². The van der Waals surface area contributed by atoms with E-state index in [0.717, 1.165) is 5.69 Å². The van der Waals surface area contributed by atoms with Gasteiger partial charge in [-0.15, -0.1) is 0 Å². The first-order valence-electron chi connectivity index (χ1n) is 5.76. The van der Waals surface area contributed by atoms with Gasteiger partial charge in [0.25, 0.3) is 0 Å². The highest BCUT2D eigenvalue weighted by atomic mass is 16.5. The maximum atomic E-state index is 11.5. The Balaban J connectivity index is 2.18. The van der Waals surface area contributed by atoms with Crippen LogP contribution in [-0.4, -0.2) is 25.2 Å². The quantitative estimate of drug-likeness (QED) is 0.839. The number of rotatable bonds is 5. The third kappa shape index (κ3) is 3.07. The summed E-state index contributed by atoms with van der Waals surface area (Å²) in [5, 5.41) is 0. The predicted octanol–water partition coefficient (Wildman–Crippen LogP) is 2.39. The summed E-state index contributed by atoms with van der Waals surface area (Å²) < 4.78 is 15.5. The van der Waals surface area contributed by atoms with Crippen LogP contribution in [0.15, 0.2) is 36.5 Å². The van der Waals surface area contributed by atoms with Crippen molar-refractivity contribution in [3.05, 3.63) is 47.8 Å². The summed E-state index contributed by atoms with van der Waals surface area (Å²) in [7, 11) is 2.89. The zero-order valence-corrected chi connectivity index (χ0v) is 10.8. The molecule has 0 fully saturated rings. The van der Waals surface area contributed by atoms with Crippen molar-refractivity contribution in [1.82, 2.24) is 4.98 Å². The van der Waals surface area contributed by atoms with E-state index in [1.807, 2.05) is 18.3 Å². The molecule has 2 rings (SSSR count). The van der Waals surface area contributed by atoms with Crippen LogP contribution in [0.5, 0.6) is 11.5 Å². The minimum Gasteiger partial charge on any atom is -0.493 e. The van der Waals surface area contributed by atoms with Crippen LogP contribution < -0.4 is 9.47 Å². The first-order valence-corrected chi connectivity index (χ1v) is 5.76. The number of benzene rings is 1. The zero-order chi connectivity index (χ0) is 13.7. The molecule has 0 saturated carbocycles. The van der Waals surface area contributed by atoms with E-state index in [2.05, 4.69) is 9.72 Å². The maximum absolute atomic E-state index is 11.5. The monoisotopic (exact) mass is 261 g/mol. The van der Waals surface area contributed by atoms with Crippen molar-refractivity contribution in [1.29, 1.82) is 0 Å². The number of aromatic nitrogens is 1. The van der Waals surface area contributed by atoms with E-state index in [-0.39, 0.29) is 0 Å². The Bertz CT molecular complexity index is 549. The minimum absolute atomic E-state index is 0.369. The number of aromatic amines is 1. The van der Waals surface area contributed by atoms with Crippen molar-refractivity contribution in [2.45, 2.75) is 6.61 Å². The van der Waals surface area contributed by atoms with Crippen LogP contribution >= 0.6 is 0 Å². The van der Waals surface area contributed by atoms with Gasteiger partial charge in [0.05, 0.1) is 25.5 Å². The number of hydrogen-bond donors (Lipinski definition) is 1. The highest BCUT2D eigenvalue weighted by Gasteiger charge is 2.11. The minimum atomic E-state index is -0.410. The molecule has 0 atom stereocenters. The van der Waals surface area contributed by atoms with E-state index in [4.69, 9.17) is 9.47 Å². The first kappa shape index (κ1) is 13.0. The highest BCUT2D eigenvalue weighted by molar-refractivity contribution is 5.90. The molecular formula is C14H15NO4. The molecule has 0 spiro atoms. The Hall–Kier alpha value is -2.43. The predicted molar refractivity (Wildman–Crippen MR) is 69.5 cm³/mol. The molecule has 1 heterocycles. The summed E-state index contributed by atoms with van der Waals surface area (Å²) in [5.74, 6) is 0.659. The second-order valence-electron chi connectivity index (χ2n) is 3.84. The van der Waals surface area contributed by atoms with Gasteiger partial charge in [-0.25, -0.2) is 4.79 Å². The van der Waals surface area contributed by atoms with Crippen LogP contribution in [0.3, 0.4) is 0 Å². The lowest BCUT2D eigenvalue weighted by atomic mass is 10.2. The SMILES string of the molecule is COC(=O)c1ccc(OC)c(OCc2ccc[nH]2)c1. The van der Waals surface area contributed by atoms with Gasteiger partial charge in [0.15, 0.2) is 11.5 Å². The van der Waals surface area contributed by atoms with Crippen molar-refractivity contribution in [2.24, 2.45) is 0 Å². The van der Waals surface area contributed by atoms with Gasteiger partial charge in [-0.05, 0) is 30.3 Å². The molecule has 0 radical (unpaired) electrons. The van der Waals surface area contributed by atoms with Crippen molar-refractivity contribution < 1.29 is 19.0 Å². The molecule has 1 aromatic carbocycles. The normalized spacial score (nSPS) is 10.0. The van der Waals surface area contributed by atoms with Crippen LogP contribution in [0.4, 0.5) is 0 Å². The molecule has 0 aliphatic heterocycles. The van der Waals surface area contributed by atoms with Gasteiger partial charge in [-0.3, -0.25) is 0 Å². The van der Waals surface area contributed by atoms with Crippen LogP contribution in [0.25, 0.3) is 0 Å². The average Bonchev–Trinajstić information content (AvgIpc) is 2.97.